The van der Waals surface area contributed by atoms with Gasteiger partial charge < -0.3 is 20.4 Å². The molecule has 0 aliphatic heterocycles. The number of carbonyl (C=O) groups excluding carboxylic acids is 2. The average molecular weight is 409 g/mol. The van der Waals surface area contributed by atoms with Crippen LogP contribution >= 0.6 is 0 Å². The van der Waals surface area contributed by atoms with Gasteiger partial charge in [-0.05, 0) is 37.2 Å². The van der Waals surface area contributed by atoms with Crippen LogP contribution in [-0.2, 0) is 9.59 Å². The summed E-state index contributed by atoms with van der Waals surface area (Å²) in [7, 11) is 0. The summed E-state index contributed by atoms with van der Waals surface area (Å²) in [6.45, 7) is 7.37. The van der Waals surface area contributed by atoms with Gasteiger partial charge in [-0.25, -0.2) is 0 Å². The van der Waals surface area contributed by atoms with Crippen molar-refractivity contribution in [3.05, 3.63) is 23.7 Å². The van der Waals surface area contributed by atoms with Gasteiger partial charge in [0.2, 0.25) is 5.78 Å². The highest BCUT2D eigenvalue weighted by molar-refractivity contribution is 6.04. The molecule has 2 aliphatic carbocycles. The van der Waals surface area contributed by atoms with E-state index in [4.69, 9.17) is 0 Å². The van der Waals surface area contributed by atoms with Gasteiger partial charge in [-0.3, -0.25) is 9.59 Å². The molecule has 1 fully saturated rings. The summed E-state index contributed by atoms with van der Waals surface area (Å²) in [4.78, 5) is 26.2. The summed E-state index contributed by atoms with van der Waals surface area (Å²) < 4.78 is 0. The Bertz CT molecular complexity index is 681. The number of Topliss-reactive ketones (excluding diaryl/α,β-unsaturated/α-hetero) is 1. The van der Waals surface area contributed by atoms with Crippen molar-refractivity contribution in [3.8, 4) is 0 Å². The summed E-state index contributed by atoms with van der Waals surface area (Å²) in [6, 6.07) is 0. The van der Waals surface area contributed by atoms with Crippen LogP contribution in [0.25, 0.3) is 0 Å². The summed E-state index contributed by atoms with van der Waals surface area (Å²) in [5.41, 5.74) is -1.06. The average Bonchev–Trinajstić information content (AvgIpc) is 2.66. The number of carbonyl (C=O) groups is 2. The molecule has 0 bridgehead atoms. The molecule has 7 atom stereocenters. The lowest BCUT2D eigenvalue weighted by Gasteiger charge is -2.53. The third-order valence-electron chi connectivity index (χ3n) is 7.10. The fourth-order valence-electron chi connectivity index (χ4n) is 5.56. The van der Waals surface area contributed by atoms with Crippen LogP contribution in [0, 0.1) is 29.1 Å². The van der Waals surface area contributed by atoms with E-state index in [1.165, 1.54) is 0 Å². The number of ketones is 2. The van der Waals surface area contributed by atoms with Gasteiger partial charge in [0, 0.05) is 12.0 Å². The van der Waals surface area contributed by atoms with Gasteiger partial charge >= 0.3 is 0 Å². The molecule has 4 N–H and O–H groups in total. The number of allylic oxidation sites excluding steroid dienone is 3. The van der Waals surface area contributed by atoms with E-state index >= 15 is 0 Å². The maximum atomic E-state index is 13.2. The second-order valence-corrected chi connectivity index (χ2v) is 9.08. The van der Waals surface area contributed by atoms with Crippen LogP contribution in [0.3, 0.4) is 0 Å². The van der Waals surface area contributed by atoms with E-state index < -0.39 is 46.8 Å². The fraction of sp³-hybridized carbons (Fsp3) is 0.739. The molecule has 0 aromatic rings. The molecule has 0 aromatic carbocycles. The van der Waals surface area contributed by atoms with Crippen LogP contribution in [0.5, 0.6) is 0 Å². The number of fused-ring (bicyclic) bond motifs is 1. The van der Waals surface area contributed by atoms with Crippen LogP contribution in [0.1, 0.15) is 66.2 Å². The minimum Gasteiger partial charge on any atom is -0.515 e. The summed E-state index contributed by atoms with van der Waals surface area (Å²) in [5.74, 6) is -4.02. The molecule has 0 spiro atoms. The lowest BCUT2D eigenvalue weighted by Crippen LogP contribution is -2.60. The zero-order valence-corrected chi connectivity index (χ0v) is 18.0. The van der Waals surface area contributed by atoms with Crippen molar-refractivity contribution in [2.75, 3.05) is 0 Å². The fourth-order valence-corrected chi connectivity index (χ4v) is 5.56. The minimum absolute atomic E-state index is 0.249. The van der Waals surface area contributed by atoms with E-state index in [9.17, 15) is 30.0 Å². The van der Waals surface area contributed by atoms with E-state index in [1.807, 2.05) is 6.92 Å². The molecule has 29 heavy (non-hydrogen) atoms. The molecule has 6 heteroatoms. The van der Waals surface area contributed by atoms with Crippen LogP contribution in [0.4, 0.5) is 0 Å². The van der Waals surface area contributed by atoms with Gasteiger partial charge in [-0.2, -0.15) is 0 Å². The van der Waals surface area contributed by atoms with Crippen molar-refractivity contribution in [3.63, 3.8) is 0 Å². The summed E-state index contributed by atoms with van der Waals surface area (Å²) in [5, 5.41) is 41.7. The number of hydrogen-bond donors (Lipinski definition) is 4. The Balaban J connectivity index is 2.57. The van der Waals surface area contributed by atoms with Crippen LogP contribution in [0.15, 0.2) is 23.7 Å². The van der Waals surface area contributed by atoms with E-state index in [-0.39, 0.29) is 18.3 Å². The lowest BCUT2D eigenvalue weighted by atomic mass is 9.50. The predicted molar refractivity (Wildman–Crippen MR) is 110 cm³/mol. The van der Waals surface area contributed by atoms with Crippen LogP contribution < -0.4 is 0 Å². The van der Waals surface area contributed by atoms with Crippen molar-refractivity contribution in [2.24, 2.45) is 29.1 Å². The first-order chi connectivity index (χ1) is 13.6. The second kappa shape index (κ2) is 9.43. The van der Waals surface area contributed by atoms with Crippen molar-refractivity contribution >= 4 is 11.6 Å². The van der Waals surface area contributed by atoms with Crippen molar-refractivity contribution in [1.82, 2.24) is 0 Å². The van der Waals surface area contributed by atoms with Gasteiger partial charge in [0.1, 0.15) is 0 Å². The molecule has 2 rings (SSSR count). The third-order valence-corrected chi connectivity index (χ3v) is 7.10. The van der Waals surface area contributed by atoms with Gasteiger partial charge in [0.15, 0.2) is 11.5 Å². The maximum Gasteiger partial charge on any atom is 0.203 e. The summed E-state index contributed by atoms with van der Waals surface area (Å²) >= 11 is 0. The Labute approximate surface area is 173 Å². The molecule has 1 saturated carbocycles. The van der Waals surface area contributed by atoms with Gasteiger partial charge in [0.25, 0.3) is 0 Å². The van der Waals surface area contributed by atoms with Crippen molar-refractivity contribution in [2.45, 2.75) is 78.4 Å². The van der Waals surface area contributed by atoms with Gasteiger partial charge in [-0.15, -0.1) is 0 Å². The minimum atomic E-state index is -1.38. The summed E-state index contributed by atoms with van der Waals surface area (Å²) in [6.07, 6.45) is 4.70. The van der Waals surface area contributed by atoms with E-state index in [0.717, 1.165) is 31.8 Å². The zero-order valence-electron chi connectivity index (χ0n) is 18.0. The molecular weight excluding hydrogens is 372 g/mol. The molecule has 0 heterocycles. The number of rotatable bonds is 8. The highest BCUT2D eigenvalue weighted by Crippen LogP contribution is 2.55. The zero-order chi connectivity index (χ0) is 21.9. The quantitative estimate of drug-likeness (QED) is 0.277. The molecular formula is C23H36O6. The predicted octanol–water partition coefficient (Wildman–Crippen LogP) is 3.63. The van der Waals surface area contributed by atoms with Crippen molar-refractivity contribution < 1.29 is 30.0 Å². The molecule has 0 aromatic heterocycles. The molecule has 6 nitrogen and oxygen atoms in total. The van der Waals surface area contributed by atoms with E-state index in [2.05, 4.69) is 6.92 Å². The Hall–Kier alpha value is -1.66. The largest absolute Gasteiger partial charge is 0.515 e. The highest BCUT2D eigenvalue weighted by Gasteiger charge is 2.61. The number of hydrogen-bond acceptors (Lipinski definition) is 6. The molecule has 164 valence electrons. The Morgan fingerprint density at radius 2 is 1.93 bits per heavy atom. The van der Waals surface area contributed by atoms with E-state index in [1.54, 1.807) is 13.8 Å². The Morgan fingerprint density at radius 3 is 2.52 bits per heavy atom. The van der Waals surface area contributed by atoms with Gasteiger partial charge in [0.05, 0.1) is 29.8 Å². The Kier molecular flexibility index (Phi) is 7.68. The van der Waals surface area contributed by atoms with E-state index in [0.29, 0.717) is 18.3 Å². The second-order valence-electron chi connectivity index (χ2n) is 9.08. The number of unbranched alkanes of at least 4 members (excludes halogenated alkanes) is 3. The molecule has 0 radical (unpaired) electrons. The first kappa shape index (κ1) is 23.6. The van der Waals surface area contributed by atoms with Crippen LogP contribution in [-0.4, -0.2) is 44.2 Å². The third kappa shape index (κ3) is 4.15. The first-order valence-electron chi connectivity index (χ1n) is 10.8. The van der Waals surface area contributed by atoms with Gasteiger partial charge in [-0.1, -0.05) is 46.5 Å². The highest BCUT2D eigenvalue weighted by atomic mass is 16.3. The van der Waals surface area contributed by atoms with Crippen LogP contribution in [0.2, 0.25) is 0 Å². The normalized spacial score (nSPS) is 36.3. The monoisotopic (exact) mass is 408 g/mol. The standard InChI is InChI=1S/C23H36O6/c1-5-6-7-8-9-13(2)18-22(29)21(28)17-19(15(25)12-14(3)20(17)27)23(18,4)16(26)10-11-24/h10-11,13-15,17,19-20,24-25,27,29H,5-9,12H2,1-4H3/b11-10-/t13-,14-,15+,17?,19?,20-,23-/m1/s1. The maximum absolute atomic E-state index is 13.2. The van der Waals surface area contributed by atoms with Crippen molar-refractivity contribution in [1.29, 1.82) is 0 Å². The lowest BCUT2D eigenvalue weighted by molar-refractivity contribution is -0.159. The topological polar surface area (TPSA) is 115 Å². The smallest absolute Gasteiger partial charge is 0.203 e. The SMILES string of the molecule is CCCCCC[C@@H](C)C1=C(O)C(=O)C2C([C@@H](O)C[C@@H](C)[C@H]2O)[C@]1(C)C(=O)/C=C\O. The molecule has 2 unspecified atom stereocenters. The molecule has 0 amide bonds. The number of aliphatic hydroxyl groups is 4. The number of aliphatic hydroxyl groups excluding tert-OH is 4. The molecule has 2 aliphatic rings. The Morgan fingerprint density at radius 1 is 1.28 bits per heavy atom. The molecule has 0 saturated heterocycles. The first-order valence-corrected chi connectivity index (χ1v) is 10.8.